The van der Waals surface area contributed by atoms with Crippen molar-refractivity contribution in [3.63, 3.8) is 0 Å². The van der Waals surface area contributed by atoms with Crippen molar-refractivity contribution < 1.29 is 4.74 Å². The van der Waals surface area contributed by atoms with Crippen LogP contribution in [0.25, 0.3) is 16.9 Å². The molecule has 24 heavy (non-hydrogen) atoms. The fraction of sp³-hybridized carbons (Fsp3) is 0.111. The van der Waals surface area contributed by atoms with Gasteiger partial charge in [0.05, 0.1) is 18.5 Å². The van der Waals surface area contributed by atoms with Gasteiger partial charge in [-0.15, -0.1) is 5.10 Å². The highest BCUT2D eigenvalue weighted by molar-refractivity contribution is 7.08. The Morgan fingerprint density at radius 1 is 1.17 bits per heavy atom. The number of ether oxygens (including phenoxy) is 1. The van der Waals surface area contributed by atoms with E-state index in [1.165, 1.54) is 0 Å². The summed E-state index contributed by atoms with van der Waals surface area (Å²) in [4.78, 5) is 4.39. The second-order valence-corrected chi connectivity index (χ2v) is 6.54. The summed E-state index contributed by atoms with van der Waals surface area (Å²) >= 11 is 7.65. The van der Waals surface area contributed by atoms with E-state index in [1.807, 2.05) is 52.5 Å². The second kappa shape index (κ2) is 6.63. The fourth-order valence-electron chi connectivity index (χ4n) is 2.51. The first-order chi connectivity index (χ1) is 11.8. The van der Waals surface area contributed by atoms with Crippen LogP contribution in [0.1, 0.15) is 5.56 Å². The van der Waals surface area contributed by atoms with E-state index in [0.29, 0.717) is 12.5 Å². The lowest BCUT2D eigenvalue weighted by atomic mass is 10.2. The predicted octanol–water partition coefficient (Wildman–Crippen LogP) is 4.73. The highest BCUT2D eigenvalue weighted by Gasteiger charge is 2.08. The van der Waals surface area contributed by atoms with E-state index < -0.39 is 0 Å². The Balaban J connectivity index is 1.51. The molecule has 0 saturated carbocycles. The molecule has 0 unspecified atom stereocenters. The van der Waals surface area contributed by atoms with Crippen LogP contribution in [0.15, 0.2) is 59.4 Å². The maximum atomic E-state index is 6.00. The Hall–Kier alpha value is -2.37. The Morgan fingerprint density at radius 2 is 2.12 bits per heavy atom. The first-order valence-corrected chi connectivity index (χ1v) is 8.86. The van der Waals surface area contributed by atoms with Gasteiger partial charge in [0.1, 0.15) is 0 Å². The first-order valence-electron chi connectivity index (χ1n) is 7.54. The molecule has 0 spiro atoms. The molecule has 0 bridgehead atoms. The van der Waals surface area contributed by atoms with Gasteiger partial charge in [-0.25, -0.2) is 9.50 Å². The maximum Gasteiger partial charge on any atom is 0.231 e. The average molecular weight is 356 g/mol. The number of fused-ring (bicyclic) bond motifs is 1. The Labute approximate surface area is 148 Å². The SMILES string of the molecule is Clc1cccc(CCOc2ccc3ncc(-c4ccsc4)n3n2)c1. The van der Waals surface area contributed by atoms with Crippen LogP contribution < -0.4 is 4.74 Å². The molecule has 3 heterocycles. The van der Waals surface area contributed by atoms with Gasteiger partial charge in [-0.3, -0.25) is 0 Å². The molecule has 120 valence electrons. The van der Waals surface area contributed by atoms with E-state index >= 15 is 0 Å². The van der Waals surface area contributed by atoms with Gasteiger partial charge in [0.25, 0.3) is 0 Å². The molecule has 0 aliphatic rings. The lowest BCUT2D eigenvalue weighted by Crippen LogP contribution is -2.05. The molecule has 6 heteroatoms. The molecule has 0 fully saturated rings. The number of nitrogens with zero attached hydrogens (tertiary/aromatic N) is 3. The highest BCUT2D eigenvalue weighted by atomic mass is 35.5. The van der Waals surface area contributed by atoms with Gasteiger partial charge in [0.2, 0.25) is 5.88 Å². The van der Waals surface area contributed by atoms with E-state index in [0.717, 1.165) is 33.9 Å². The quantitative estimate of drug-likeness (QED) is 0.519. The topological polar surface area (TPSA) is 39.4 Å². The molecule has 1 aromatic carbocycles. The summed E-state index contributed by atoms with van der Waals surface area (Å²) in [6.07, 6.45) is 2.61. The number of hydrogen-bond donors (Lipinski definition) is 0. The number of imidazole rings is 1. The zero-order chi connectivity index (χ0) is 16.4. The van der Waals surface area contributed by atoms with Crippen molar-refractivity contribution in [2.45, 2.75) is 6.42 Å². The third-order valence-electron chi connectivity index (χ3n) is 3.68. The Kier molecular flexibility index (Phi) is 4.19. The van der Waals surface area contributed by atoms with Crippen molar-refractivity contribution in [2.24, 2.45) is 0 Å². The molecular formula is C18H14ClN3OS. The number of thiophene rings is 1. The van der Waals surface area contributed by atoms with Gasteiger partial charge >= 0.3 is 0 Å². The summed E-state index contributed by atoms with van der Waals surface area (Å²) < 4.78 is 7.62. The lowest BCUT2D eigenvalue weighted by molar-refractivity contribution is 0.305. The van der Waals surface area contributed by atoms with Crippen molar-refractivity contribution in [3.8, 4) is 17.1 Å². The van der Waals surface area contributed by atoms with Crippen LogP contribution in [-0.4, -0.2) is 21.2 Å². The van der Waals surface area contributed by atoms with Crippen LogP contribution in [0.4, 0.5) is 0 Å². The van der Waals surface area contributed by atoms with Crippen molar-refractivity contribution in [1.82, 2.24) is 14.6 Å². The molecular weight excluding hydrogens is 342 g/mol. The molecule has 4 rings (SSSR count). The van der Waals surface area contributed by atoms with Crippen LogP contribution in [0.2, 0.25) is 5.02 Å². The van der Waals surface area contributed by atoms with Gasteiger partial charge in [-0.2, -0.15) is 11.3 Å². The molecule has 0 atom stereocenters. The first kappa shape index (κ1) is 15.2. The normalized spacial score (nSPS) is 11.0. The zero-order valence-corrected chi connectivity index (χ0v) is 14.3. The zero-order valence-electron chi connectivity index (χ0n) is 12.7. The van der Waals surface area contributed by atoms with E-state index in [-0.39, 0.29) is 0 Å². The fourth-order valence-corrected chi connectivity index (χ4v) is 3.37. The number of halogens is 1. The van der Waals surface area contributed by atoms with Gasteiger partial charge in [0, 0.05) is 28.5 Å². The number of benzene rings is 1. The summed E-state index contributed by atoms with van der Waals surface area (Å²) in [5, 5.41) is 9.41. The summed E-state index contributed by atoms with van der Waals surface area (Å²) in [6, 6.07) is 13.6. The van der Waals surface area contributed by atoms with Crippen molar-refractivity contribution in [1.29, 1.82) is 0 Å². The standard InChI is InChI=1S/C18H14ClN3OS/c19-15-3-1-2-13(10-15)6-8-23-18-5-4-17-20-11-16(22(17)21-18)14-7-9-24-12-14/h1-5,7,9-12H,6,8H2. The van der Waals surface area contributed by atoms with Crippen LogP contribution >= 0.6 is 22.9 Å². The van der Waals surface area contributed by atoms with Gasteiger partial charge in [-0.05, 0) is 35.2 Å². The molecule has 0 aliphatic heterocycles. The highest BCUT2D eigenvalue weighted by Crippen LogP contribution is 2.23. The lowest BCUT2D eigenvalue weighted by Gasteiger charge is -2.07. The Morgan fingerprint density at radius 3 is 2.96 bits per heavy atom. The van der Waals surface area contributed by atoms with Crippen LogP contribution in [0.3, 0.4) is 0 Å². The van der Waals surface area contributed by atoms with Gasteiger partial charge < -0.3 is 4.74 Å². The van der Waals surface area contributed by atoms with E-state index in [2.05, 4.69) is 21.5 Å². The van der Waals surface area contributed by atoms with Crippen LogP contribution in [-0.2, 0) is 6.42 Å². The van der Waals surface area contributed by atoms with Gasteiger partial charge in [-0.1, -0.05) is 23.7 Å². The third kappa shape index (κ3) is 3.13. The monoisotopic (exact) mass is 355 g/mol. The average Bonchev–Trinajstić information content (AvgIpc) is 3.23. The minimum Gasteiger partial charge on any atom is -0.476 e. The minimum absolute atomic E-state index is 0.543. The summed E-state index contributed by atoms with van der Waals surface area (Å²) in [7, 11) is 0. The van der Waals surface area contributed by atoms with E-state index in [1.54, 1.807) is 11.3 Å². The molecule has 0 radical (unpaired) electrons. The summed E-state index contributed by atoms with van der Waals surface area (Å²) in [5.41, 5.74) is 4.02. The second-order valence-electron chi connectivity index (χ2n) is 5.33. The summed E-state index contributed by atoms with van der Waals surface area (Å²) in [5.74, 6) is 0.582. The number of hydrogen-bond acceptors (Lipinski definition) is 4. The summed E-state index contributed by atoms with van der Waals surface area (Å²) in [6.45, 7) is 0.543. The van der Waals surface area contributed by atoms with Crippen LogP contribution in [0.5, 0.6) is 5.88 Å². The maximum absolute atomic E-state index is 6.00. The number of aromatic nitrogens is 3. The van der Waals surface area contributed by atoms with Crippen molar-refractivity contribution in [3.05, 3.63) is 70.0 Å². The molecule has 0 saturated heterocycles. The van der Waals surface area contributed by atoms with Gasteiger partial charge in [0.15, 0.2) is 5.65 Å². The number of rotatable bonds is 5. The smallest absolute Gasteiger partial charge is 0.231 e. The largest absolute Gasteiger partial charge is 0.476 e. The molecule has 3 aromatic heterocycles. The van der Waals surface area contributed by atoms with E-state index in [4.69, 9.17) is 16.3 Å². The molecule has 4 nitrogen and oxygen atoms in total. The molecule has 0 N–H and O–H groups in total. The molecule has 4 aromatic rings. The van der Waals surface area contributed by atoms with Crippen molar-refractivity contribution >= 4 is 28.6 Å². The van der Waals surface area contributed by atoms with Crippen LogP contribution in [0, 0.1) is 0 Å². The third-order valence-corrected chi connectivity index (χ3v) is 4.60. The minimum atomic E-state index is 0.543. The Bertz CT molecular complexity index is 965. The molecule has 0 aliphatic carbocycles. The van der Waals surface area contributed by atoms with Crippen molar-refractivity contribution in [2.75, 3.05) is 6.61 Å². The molecule has 0 amide bonds. The van der Waals surface area contributed by atoms with E-state index in [9.17, 15) is 0 Å². The predicted molar refractivity (Wildman–Crippen MR) is 97.0 cm³/mol.